The third-order valence-electron chi connectivity index (χ3n) is 6.87. The monoisotopic (exact) mass is 574 g/mol. The molecule has 6 aromatic rings. The highest BCUT2D eigenvalue weighted by Gasteiger charge is 2.24. The Morgan fingerprint density at radius 3 is 2.30 bits per heavy atom. The van der Waals surface area contributed by atoms with Gasteiger partial charge in [-0.25, -0.2) is 14.7 Å². The van der Waals surface area contributed by atoms with Gasteiger partial charge in [-0.3, -0.25) is 4.57 Å². The van der Waals surface area contributed by atoms with E-state index in [-0.39, 0.29) is 12.6 Å². The van der Waals surface area contributed by atoms with E-state index in [1.165, 1.54) is 7.11 Å². The van der Waals surface area contributed by atoms with E-state index in [0.717, 1.165) is 16.7 Å². The van der Waals surface area contributed by atoms with Gasteiger partial charge in [0.25, 0.3) is 0 Å². The van der Waals surface area contributed by atoms with Gasteiger partial charge in [-0.2, -0.15) is 4.98 Å². The van der Waals surface area contributed by atoms with Crippen LogP contribution in [-0.4, -0.2) is 55.8 Å². The van der Waals surface area contributed by atoms with Crippen LogP contribution in [0.1, 0.15) is 33.2 Å². The number of rotatable bonds is 9. The number of methoxy groups -OCH3 is 1. The standard InChI is InChI=1S/C32H26N6O5/c1-3-42-32-33-27-22(19-43-30(39)21-9-5-4-6-10-21)15-18-26(31(40)41-2)28(27)38(32)23-16-13-20(14-17-23)24-11-7-8-12-25(24)29-34-36-37-35-29/h4-18H,3,19H2,1-2H3,(H,34,35,36,37). The Morgan fingerprint density at radius 2 is 1.60 bits per heavy atom. The summed E-state index contributed by atoms with van der Waals surface area (Å²) in [4.78, 5) is 30.3. The van der Waals surface area contributed by atoms with E-state index in [1.54, 1.807) is 41.0 Å². The number of fused-ring (bicyclic) bond motifs is 1. The molecule has 0 atom stereocenters. The van der Waals surface area contributed by atoms with Gasteiger partial charge in [0.05, 0.1) is 36.0 Å². The minimum Gasteiger partial charge on any atom is -0.465 e. The van der Waals surface area contributed by atoms with E-state index < -0.39 is 11.9 Å². The third kappa shape index (κ3) is 5.31. The first kappa shape index (κ1) is 27.3. The summed E-state index contributed by atoms with van der Waals surface area (Å²) in [5, 5.41) is 14.3. The number of esters is 2. The van der Waals surface area contributed by atoms with Crippen LogP contribution in [-0.2, 0) is 16.1 Å². The number of aromatic nitrogens is 6. The molecule has 0 bridgehead atoms. The molecule has 6 rings (SSSR count). The second kappa shape index (κ2) is 12.0. The lowest BCUT2D eigenvalue weighted by molar-refractivity contribution is 0.0473. The molecule has 1 N–H and O–H groups in total. The zero-order chi connectivity index (χ0) is 29.8. The second-order valence-corrected chi connectivity index (χ2v) is 9.41. The lowest BCUT2D eigenvalue weighted by Gasteiger charge is -2.13. The molecule has 43 heavy (non-hydrogen) atoms. The first-order chi connectivity index (χ1) is 21.1. The van der Waals surface area contributed by atoms with Crippen molar-refractivity contribution in [1.82, 2.24) is 30.2 Å². The summed E-state index contributed by atoms with van der Waals surface area (Å²) in [6.45, 7) is 2.14. The molecule has 0 amide bonds. The van der Waals surface area contributed by atoms with Gasteiger partial charge in [0.15, 0.2) is 5.82 Å². The van der Waals surface area contributed by atoms with Crippen molar-refractivity contribution in [1.29, 1.82) is 0 Å². The van der Waals surface area contributed by atoms with Crippen LogP contribution in [0.5, 0.6) is 6.01 Å². The quantitative estimate of drug-likeness (QED) is 0.225. The lowest BCUT2D eigenvalue weighted by atomic mass is 9.99. The number of carbonyl (C=O) groups is 2. The predicted octanol–water partition coefficient (Wildman–Crippen LogP) is 5.41. The van der Waals surface area contributed by atoms with Crippen LogP contribution in [0.25, 0.3) is 39.2 Å². The molecular weight excluding hydrogens is 548 g/mol. The number of hydrogen-bond acceptors (Lipinski definition) is 9. The van der Waals surface area contributed by atoms with Crippen molar-refractivity contribution in [2.24, 2.45) is 0 Å². The SMILES string of the molecule is CCOc1nc2c(COC(=O)c3ccccc3)ccc(C(=O)OC)c2n1-c1ccc(-c2ccccc2-c2nnn[nH]2)cc1. The van der Waals surface area contributed by atoms with Crippen molar-refractivity contribution in [3.05, 3.63) is 108 Å². The van der Waals surface area contributed by atoms with E-state index in [9.17, 15) is 9.59 Å². The topological polar surface area (TPSA) is 134 Å². The maximum atomic E-state index is 12.9. The minimum atomic E-state index is -0.534. The van der Waals surface area contributed by atoms with E-state index in [4.69, 9.17) is 19.2 Å². The Labute approximate surface area is 246 Å². The van der Waals surface area contributed by atoms with Crippen LogP contribution in [0, 0.1) is 0 Å². The molecule has 0 unspecified atom stereocenters. The van der Waals surface area contributed by atoms with E-state index in [0.29, 0.717) is 45.8 Å². The molecule has 0 aliphatic rings. The van der Waals surface area contributed by atoms with Gasteiger partial charge in [0, 0.05) is 11.1 Å². The van der Waals surface area contributed by atoms with Crippen LogP contribution >= 0.6 is 0 Å². The molecule has 0 radical (unpaired) electrons. The molecular formula is C32H26N6O5. The Hall–Kier alpha value is -5.84. The molecule has 0 aliphatic carbocycles. The predicted molar refractivity (Wildman–Crippen MR) is 158 cm³/mol. The number of imidazole rings is 1. The van der Waals surface area contributed by atoms with Crippen LogP contribution < -0.4 is 4.74 Å². The molecule has 2 aromatic heterocycles. The molecule has 0 aliphatic heterocycles. The Kier molecular flexibility index (Phi) is 7.60. The van der Waals surface area contributed by atoms with Gasteiger partial charge in [0.2, 0.25) is 0 Å². The second-order valence-electron chi connectivity index (χ2n) is 9.41. The third-order valence-corrected chi connectivity index (χ3v) is 6.87. The van der Waals surface area contributed by atoms with E-state index >= 15 is 0 Å². The first-order valence-electron chi connectivity index (χ1n) is 13.5. The minimum absolute atomic E-state index is 0.0551. The van der Waals surface area contributed by atoms with Gasteiger partial charge >= 0.3 is 17.9 Å². The molecule has 11 nitrogen and oxygen atoms in total. The van der Waals surface area contributed by atoms with Crippen molar-refractivity contribution >= 4 is 23.0 Å². The summed E-state index contributed by atoms with van der Waals surface area (Å²) in [6.07, 6.45) is 0. The first-order valence-corrected chi connectivity index (χ1v) is 13.5. The Morgan fingerprint density at radius 1 is 0.860 bits per heavy atom. The molecule has 4 aromatic carbocycles. The average Bonchev–Trinajstić information content (AvgIpc) is 3.73. The number of nitrogens with zero attached hydrogens (tertiary/aromatic N) is 5. The van der Waals surface area contributed by atoms with E-state index in [2.05, 4.69) is 20.6 Å². The Balaban J connectivity index is 1.44. The smallest absolute Gasteiger partial charge is 0.340 e. The number of ether oxygens (including phenoxy) is 3. The highest BCUT2D eigenvalue weighted by atomic mass is 16.5. The highest BCUT2D eigenvalue weighted by Crippen LogP contribution is 2.34. The van der Waals surface area contributed by atoms with Crippen molar-refractivity contribution in [3.8, 4) is 34.2 Å². The normalized spacial score (nSPS) is 10.9. The van der Waals surface area contributed by atoms with Crippen molar-refractivity contribution < 1.29 is 23.8 Å². The van der Waals surface area contributed by atoms with Gasteiger partial charge in [-0.15, -0.1) is 5.10 Å². The number of benzene rings is 4. The Bertz CT molecular complexity index is 1900. The largest absolute Gasteiger partial charge is 0.465 e. The van der Waals surface area contributed by atoms with E-state index in [1.807, 2.05) is 61.5 Å². The summed E-state index contributed by atoms with van der Waals surface area (Å²) in [7, 11) is 1.32. The zero-order valence-electron chi connectivity index (χ0n) is 23.4. The number of nitrogens with one attached hydrogen (secondary N) is 1. The van der Waals surface area contributed by atoms with Crippen LogP contribution in [0.15, 0.2) is 91.0 Å². The molecule has 0 saturated carbocycles. The number of aromatic amines is 1. The van der Waals surface area contributed by atoms with Gasteiger partial charge < -0.3 is 14.2 Å². The van der Waals surface area contributed by atoms with Gasteiger partial charge in [-0.05, 0) is 58.8 Å². The maximum absolute atomic E-state index is 12.9. The molecule has 214 valence electrons. The summed E-state index contributed by atoms with van der Waals surface area (Å²) in [6, 6.07) is 27.9. The fourth-order valence-electron chi connectivity index (χ4n) is 4.88. The van der Waals surface area contributed by atoms with Crippen LogP contribution in [0.2, 0.25) is 0 Å². The fourth-order valence-corrected chi connectivity index (χ4v) is 4.88. The maximum Gasteiger partial charge on any atom is 0.340 e. The summed E-state index contributed by atoms with van der Waals surface area (Å²) in [5.74, 6) is -0.442. The summed E-state index contributed by atoms with van der Waals surface area (Å²) >= 11 is 0. The summed E-state index contributed by atoms with van der Waals surface area (Å²) in [5.41, 5.74) is 5.70. The number of H-pyrrole nitrogens is 1. The zero-order valence-corrected chi connectivity index (χ0v) is 23.4. The number of hydrogen-bond donors (Lipinski definition) is 1. The average molecular weight is 575 g/mol. The van der Waals surface area contributed by atoms with Crippen LogP contribution in [0.4, 0.5) is 0 Å². The highest BCUT2D eigenvalue weighted by molar-refractivity contribution is 6.04. The summed E-state index contributed by atoms with van der Waals surface area (Å²) < 4.78 is 18.4. The van der Waals surface area contributed by atoms with Crippen molar-refractivity contribution in [2.75, 3.05) is 13.7 Å². The van der Waals surface area contributed by atoms with Crippen LogP contribution in [0.3, 0.4) is 0 Å². The molecule has 0 fully saturated rings. The molecule has 0 spiro atoms. The van der Waals surface area contributed by atoms with Crippen molar-refractivity contribution in [3.63, 3.8) is 0 Å². The molecule has 11 heteroatoms. The van der Waals surface area contributed by atoms with Gasteiger partial charge in [-0.1, -0.05) is 60.7 Å². The molecule has 0 saturated heterocycles. The fraction of sp³-hybridized carbons (Fsp3) is 0.125. The molecule has 2 heterocycles. The lowest BCUT2D eigenvalue weighted by Crippen LogP contribution is -2.08. The van der Waals surface area contributed by atoms with Gasteiger partial charge in [0.1, 0.15) is 12.1 Å². The van der Waals surface area contributed by atoms with Crippen molar-refractivity contribution in [2.45, 2.75) is 13.5 Å². The number of tetrazole rings is 1. The number of carbonyl (C=O) groups excluding carboxylic acids is 2.